The standard InChI is InChI=1S/C22H31FN2/c1-2-17-12-20-16(4-3-5-21(20)23)15-25(17)19-13-22(14-19)8-10-24(11-9-22)18-6-7-18/h3-5,17-19H,2,6-15H2,1H3/t17-/m1/s1. The second kappa shape index (κ2) is 6.06. The zero-order chi connectivity index (χ0) is 17.0. The van der Waals surface area contributed by atoms with Gasteiger partial charge >= 0.3 is 0 Å². The van der Waals surface area contributed by atoms with Crippen molar-refractivity contribution in [3.05, 3.63) is 35.1 Å². The predicted octanol–water partition coefficient (Wildman–Crippen LogP) is 4.37. The summed E-state index contributed by atoms with van der Waals surface area (Å²) in [6.07, 6.45) is 10.5. The molecule has 1 saturated heterocycles. The Morgan fingerprint density at radius 3 is 2.56 bits per heavy atom. The zero-order valence-corrected chi connectivity index (χ0v) is 15.5. The van der Waals surface area contributed by atoms with Crippen LogP contribution in [-0.4, -0.2) is 41.0 Å². The third-order valence-corrected chi connectivity index (χ3v) is 7.68. The van der Waals surface area contributed by atoms with Gasteiger partial charge in [-0.15, -0.1) is 0 Å². The first-order chi connectivity index (χ1) is 12.2. The monoisotopic (exact) mass is 342 g/mol. The molecule has 1 aromatic rings. The van der Waals surface area contributed by atoms with E-state index in [1.54, 1.807) is 6.07 Å². The fraction of sp³-hybridized carbons (Fsp3) is 0.727. The summed E-state index contributed by atoms with van der Waals surface area (Å²) in [5.74, 6) is 0.00753. The Hall–Kier alpha value is -0.930. The molecule has 0 radical (unpaired) electrons. The van der Waals surface area contributed by atoms with Gasteiger partial charge in [0.25, 0.3) is 0 Å². The van der Waals surface area contributed by atoms with Crippen molar-refractivity contribution in [3.8, 4) is 0 Å². The second-order valence-electron chi connectivity index (χ2n) is 9.15. The molecule has 2 aliphatic heterocycles. The van der Waals surface area contributed by atoms with Crippen molar-refractivity contribution in [1.82, 2.24) is 9.80 Å². The summed E-state index contributed by atoms with van der Waals surface area (Å²) in [5, 5.41) is 0. The average Bonchev–Trinajstić information content (AvgIpc) is 3.44. The molecule has 4 aliphatic rings. The van der Waals surface area contributed by atoms with Gasteiger partial charge in [0.05, 0.1) is 0 Å². The molecule has 0 N–H and O–H groups in total. The molecule has 0 amide bonds. The number of fused-ring (bicyclic) bond motifs is 1. The summed E-state index contributed by atoms with van der Waals surface area (Å²) >= 11 is 0. The third kappa shape index (κ3) is 2.84. The lowest BCUT2D eigenvalue weighted by Crippen LogP contribution is -2.58. The SMILES string of the molecule is CC[C@@H]1Cc2c(F)cccc2CN1C1CC2(CCN(C3CC3)CC2)C1. The number of halogens is 1. The highest BCUT2D eigenvalue weighted by Crippen LogP contribution is 2.53. The quantitative estimate of drug-likeness (QED) is 0.805. The topological polar surface area (TPSA) is 6.48 Å². The Kier molecular flexibility index (Phi) is 3.94. The molecular formula is C22H31FN2. The summed E-state index contributed by atoms with van der Waals surface area (Å²) in [5.41, 5.74) is 2.85. The average molecular weight is 343 g/mol. The van der Waals surface area contributed by atoms with E-state index >= 15 is 0 Å². The second-order valence-corrected chi connectivity index (χ2v) is 9.15. The van der Waals surface area contributed by atoms with Crippen LogP contribution in [0, 0.1) is 11.2 Å². The fourth-order valence-corrected chi connectivity index (χ4v) is 5.85. The predicted molar refractivity (Wildman–Crippen MR) is 99.0 cm³/mol. The van der Waals surface area contributed by atoms with Gasteiger partial charge < -0.3 is 4.90 Å². The van der Waals surface area contributed by atoms with Gasteiger partial charge in [-0.05, 0) is 87.1 Å². The molecule has 0 aromatic heterocycles. The van der Waals surface area contributed by atoms with E-state index in [0.717, 1.165) is 37.0 Å². The molecule has 25 heavy (non-hydrogen) atoms. The maximum atomic E-state index is 14.2. The molecule has 136 valence electrons. The first-order valence-corrected chi connectivity index (χ1v) is 10.4. The van der Waals surface area contributed by atoms with E-state index in [1.807, 2.05) is 6.07 Å². The van der Waals surface area contributed by atoms with Crippen molar-refractivity contribution >= 4 is 0 Å². The lowest BCUT2D eigenvalue weighted by molar-refractivity contribution is -0.0649. The highest BCUT2D eigenvalue weighted by Gasteiger charge is 2.50. The Morgan fingerprint density at radius 1 is 1.12 bits per heavy atom. The maximum absolute atomic E-state index is 14.2. The van der Waals surface area contributed by atoms with E-state index in [1.165, 1.54) is 57.2 Å². The van der Waals surface area contributed by atoms with Crippen LogP contribution in [0.15, 0.2) is 18.2 Å². The molecular weight excluding hydrogens is 311 g/mol. The molecule has 1 aromatic carbocycles. The summed E-state index contributed by atoms with van der Waals surface area (Å²) in [7, 11) is 0. The lowest BCUT2D eigenvalue weighted by atomic mass is 9.59. The van der Waals surface area contributed by atoms with E-state index in [9.17, 15) is 4.39 Å². The molecule has 2 aliphatic carbocycles. The van der Waals surface area contributed by atoms with Crippen molar-refractivity contribution in [2.45, 2.75) is 83.0 Å². The van der Waals surface area contributed by atoms with Gasteiger partial charge in [-0.1, -0.05) is 19.1 Å². The molecule has 2 nitrogen and oxygen atoms in total. The summed E-state index contributed by atoms with van der Waals surface area (Å²) in [4.78, 5) is 5.47. The van der Waals surface area contributed by atoms with Crippen molar-refractivity contribution in [2.24, 2.45) is 5.41 Å². The van der Waals surface area contributed by atoms with Crippen LogP contribution in [0.5, 0.6) is 0 Å². The van der Waals surface area contributed by atoms with Crippen molar-refractivity contribution in [3.63, 3.8) is 0 Å². The molecule has 3 fully saturated rings. The van der Waals surface area contributed by atoms with Gasteiger partial charge in [0, 0.05) is 24.7 Å². The first-order valence-electron chi connectivity index (χ1n) is 10.4. The molecule has 1 spiro atoms. The molecule has 2 saturated carbocycles. The Labute approximate surface area is 151 Å². The Morgan fingerprint density at radius 2 is 1.88 bits per heavy atom. The van der Waals surface area contributed by atoms with Crippen LogP contribution in [-0.2, 0) is 13.0 Å². The van der Waals surface area contributed by atoms with Gasteiger partial charge in [0.1, 0.15) is 5.82 Å². The van der Waals surface area contributed by atoms with E-state index in [-0.39, 0.29) is 5.82 Å². The number of hydrogen-bond acceptors (Lipinski definition) is 2. The van der Waals surface area contributed by atoms with E-state index in [4.69, 9.17) is 0 Å². The molecule has 5 rings (SSSR count). The van der Waals surface area contributed by atoms with Gasteiger partial charge in [-0.3, -0.25) is 4.90 Å². The number of piperidine rings is 1. The third-order valence-electron chi connectivity index (χ3n) is 7.68. The van der Waals surface area contributed by atoms with Gasteiger partial charge in [0.15, 0.2) is 0 Å². The number of nitrogens with zero attached hydrogens (tertiary/aromatic N) is 2. The minimum absolute atomic E-state index is 0.00753. The van der Waals surface area contributed by atoms with Crippen molar-refractivity contribution < 1.29 is 4.39 Å². The van der Waals surface area contributed by atoms with Gasteiger partial charge in [0.2, 0.25) is 0 Å². The van der Waals surface area contributed by atoms with Gasteiger partial charge in [-0.2, -0.15) is 0 Å². The van der Waals surface area contributed by atoms with Crippen molar-refractivity contribution in [1.29, 1.82) is 0 Å². The minimum Gasteiger partial charge on any atom is -0.300 e. The fourth-order valence-electron chi connectivity index (χ4n) is 5.85. The van der Waals surface area contributed by atoms with Crippen LogP contribution in [0.3, 0.4) is 0 Å². The maximum Gasteiger partial charge on any atom is 0.126 e. The summed E-state index contributed by atoms with van der Waals surface area (Å²) in [6, 6.07) is 7.85. The molecule has 2 heterocycles. The first kappa shape index (κ1) is 16.3. The largest absolute Gasteiger partial charge is 0.300 e. The van der Waals surface area contributed by atoms with E-state index in [2.05, 4.69) is 22.8 Å². The minimum atomic E-state index is 0.00753. The Balaban J connectivity index is 1.25. The van der Waals surface area contributed by atoms with Crippen LogP contribution in [0.2, 0.25) is 0 Å². The van der Waals surface area contributed by atoms with Crippen LogP contribution < -0.4 is 0 Å². The molecule has 0 unspecified atom stereocenters. The Bertz CT molecular complexity index is 637. The normalized spacial score (nSPS) is 30.2. The molecule has 1 atom stereocenters. The highest BCUT2D eigenvalue weighted by molar-refractivity contribution is 5.32. The van der Waals surface area contributed by atoms with Crippen LogP contribution >= 0.6 is 0 Å². The number of benzene rings is 1. The smallest absolute Gasteiger partial charge is 0.126 e. The number of likely N-dealkylation sites (tertiary alicyclic amines) is 1. The number of hydrogen-bond donors (Lipinski definition) is 0. The van der Waals surface area contributed by atoms with Gasteiger partial charge in [-0.25, -0.2) is 4.39 Å². The summed E-state index contributed by atoms with van der Waals surface area (Å²) < 4.78 is 14.2. The molecule has 3 heteroatoms. The number of rotatable bonds is 3. The zero-order valence-electron chi connectivity index (χ0n) is 15.5. The van der Waals surface area contributed by atoms with Crippen molar-refractivity contribution in [2.75, 3.05) is 13.1 Å². The van der Waals surface area contributed by atoms with Crippen LogP contribution in [0.25, 0.3) is 0 Å². The molecule has 0 bridgehead atoms. The highest BCUT2D eigenvalue weighted by atomic mass is 19.1. The van der Waals surface area contributed by atoms with Crippen LogP contribution in [0.4, 0.5) is 4.39 Å². The summed E-state index contributed by atoms with van der Waals surface area (Å²) in [6.45, 7) is 5.90. The van der Waals surface area contributed by atoms with E-state index in [0.29, 0.717) is 11.5 Å². The van der Waals surface area contributed by atoms with Crippen LogP contribution in [0.1, 0.15) is 63.0 Å². The lowest BCUT2D eigenvalue weighted by Gasteiger charge is -2.57. The van der Waals surface area contributed by atoms with E-state index < -0.39 is 0 Å².